The molecule has 0 aliphatic carbocycles. The molecule has 2 aliphatic rings. The number of fused-ring (bicyclic) bond motifs is 1. The Morgan fingerprint density at radius 2 is 2.32 bits per heavy atom. The van der Waals surface area contributed by atoms with E-state index in [1.807, 2.05) is 35.4 Å². The third-order valence-corrected chi connectivity index (χ3v) is 6.16. The number of H-pyrrole nitrogens is 1. The van der Waals surface area contributed by atoms with Gasteiger partial charge in [-0.05, 0) is 56.5 Å². The van der Waals surface area contributed by atoms with Crippen LogP contribution in [0.15, 0.2) is 30.5 Å². The lowest BCUT2D eigenvalue weighted by Crippen LogP contribution is -2.50. The van der Waals surface area contributed by atoms with Crippen LogP contribution in [0.5, 0.6) is 0 Å². The molecule has 2 fully saturated rings. The van der Waals surface area contributed by atoms with E-state index in [-0.39, 0.29) is 11.5 Å². The molecule has 2 aliphatic heterocycles. The fourth-order valence-electron chi connectivity index (χ4n) is 4.76. The number of nitrogens with one attached hydrogen (secondary N) is 1. The van der Waals surface area contributed by atoms with Gasteiger partial charge in [0.1, 0.15) is 0 Å². The minimum absolute atomic E-state index is 0.117. The van der Waals surface area contributed by atoms with Crippen molar-refractivity contribution in [2.75, 3.05) is 53.6 Å². The highest BCUT2D eigenvalue weighted by atomic mass is 16.5. The van der Waals surface area contributed by atoms with Crippen molar-refractivity contribution in [2.24, 2.45) is 5.92 Å². The Bertz CT molecular complexity index is 820. The molecule has 1 spiro atoms. The smallest absolute Gasteiger partial charge is 0.253 e. The number of aromatic amines is 1. The number of amides is 1. The highest BCUT2D eigenvalue weighted by Crippen LogP contribution is 2.38. The summed E-state index contributed by atoms with van der Waals surface area (Å²) in [5.74, 6) is 0.638. The second-order valence-electron chi connectivity index (χ2n) is 8.43. The number of aromatic nitrogens is 1. The minimum Gasteiger partial charge on any atom is -0.383 e. The molecule has 0 radical (unpaired) electrons. The van der Waals surface area contributed by atoms with Gasteiger partial charge in [0.15, 0.2) is 0 Å². The van der Waals surface area contributed by atoms with E-state index in [1.165, 1.54) is 0 Å². The van der Waals surface area contributed by atoms with E-state index in [9.17, 15) is 4.79 Å². The summed E-state index contributed by atoms with van der Waals surface area (Å²) in [6, 6.07) is 7.90. The van der Waals surface area contributed by atoms with E-state index in [2.05, 4.69) is 16.9 Å². The maximum atomic E-state index is 13.1. The summed E-state index contributed by atoms with van der Waals surface area (Å²) in [5, 5.41) is 1.08. The number of likely N-dealkylation sites (N-methyl/N-ethyl adjacent to an activating group) is 1. The predicted molar refractivity (Wildman–Crippen MR) is 110 cm³/mol. The first-order chi connectivity index (χ1) is 13.6. The maximum absolute atomic E-state index is 13.1. The number of methoxy groups -OCH3 is 1. The molecular weight excluding hydrogens is 354 g/mol. The van der Waals surface area contributed by atoms with Crippen molar-refractivity contribution in [3.05, 3.63) is 36.0 Å². The van der Waals surface area contributed by atoms with Gasteiger partial charge in [0, 0.05) is 56.0 Å². The highest BCUT2D eigenvalue weighted by Gasteiger charge is 2.44. The van der Waals surface area contributed by atoms with Crippen molar-refractivity contribution in [2.45, 2.75) is 24.9 Å². The van der Waals surface area contributed by atoms with Crippen LogP contribution in [0.3, 0.4) is 0 Å². The van der Waals surface area contributed by atoms with E-state index in [4.69, 9.17) is 9.47 Å². The summed E-state index contributed by atoms with van der Waals surface area (Å²) in [4.78, 5) is 20.6. The Morgan fingerprint density at radius 1 is 1.43 bits per heavy atom. The lowest BCUT2D eigenvalue weighted by Gasteiger charge is -2.40. The molecule has 1 aromatic carbocycles. The standard InChI is InChI=1S/C22H31N3O3/c1-24(10-11-27-2)14-17-13-22(28-15-17)7-3-9-25(16-22)21(26)19-4-5-20-18(12-19)6-8-23-20/h4-6,8,12,17,23H,3,7,9-11,13-16H2,1-2H3. The van der Waals surface area contributed by atoms with Crippen LogP contribution in [-0.4, -0.2) is 79.8 Å². The van der Waals surface area contributed by atoms with Crippen LogP contribution in [-0.2, 0) is 9.47 Å². The van der Waals surface area contributed by atoms with Gasteiger partial charge in [-0.25, -0.2) is 0 Å². The zero-order valence-electron chi connectivity index (χ0n) is 16.9. The van der Waals surface area contributed by atoms with Crippen molar-refractivity contribution in [3.63, 3.8) is 0 Å². The first-order valence-corrected chi connectivity index (χ1v) is 10.3. The molecule has 0 bridgehead atoms. The van der Waals surface area contributed by atoms with E-state index in [0.29, 0.717) is 12.5 Å². The molecule has 2 atom stereocenters. The van der Waals surface area contributed by atoms with Gasteiger partial charge in [-0.3, -0.25) is 4.79 Å². The lowest BCUT2D eigenvalue weighted by atomic mass is 9.86. The normalized spacial score (nSPS) is 25.2. The highest BCUT2D eigenvalue weighted by molar-refractivity contribution is 5.98. The molecule has 2 saturated heterocycles. The third-order valence-electron chi connectivity index (χ3n) is 6.16. The van der Waals surface area contributed by atoms with Gasteiger partial charge in [0.2, 0.25) is 0 Å². The molecule has 2 aromatic rings. The van der Waals surface area contributed by atoms with Crippen LogP contribution in [0.1, 0.15) is 29.6 Å². The molecule has 1 aromatic heterocycles. The number of carbonyl (C=O) groups excluding carboxylic acids is 1. The van der Waals surface area contributed by atoms with Crippen LogP contribution in [0.4, 0.5) is 0 Å². The van der Waals surface area contributed by atoms with Crippen molar-refractivity contribution < 1.29 is 14.3 Å². The molecule has 6 nitrogen and oxygen atoms in total. The third kappa shape index (κ3) is 4.09. The number of nitrogens with zero attached hydrogens (tertiary/aromatic N) is 2. The maximum Gasteiger partial charge on any atom is 0.253 e. The molecule has 2 unspecified atom stereocenters. The Kier molecular flexibility index (Phi) is 5.71. The molecule has 1 N–H and O–H groups in total. The Hall–Kier alpha value is -1.89. The summed E-state index contributed by atoms with van der Waals surface area (Å²) in [7, 11) is 3.88. The predicted octanol–water partition coefficient (Wildman–Crippen LogP) is 2.76. The van der Waals surface area contributed by atoms with Gasteiger partial charge < -0.3 is 24.3 Å². The number of rotatable bonds is 6. The minimum atomic E-state index is -0.168. The van der Waals surface area contributed by atoms with Gasteiger partial charge in [0.25, 0.3) is 5.91 Å². The summed E-state index contributed by atoms with van der Waals surface area (Å²) < 4.78 is 11.5. The zero-order chi connectivity index (χ0) is 19.6. The average molecular weight is 386 g/mol. The Morgan fingerprint density at radius 3 is 3.18 bits per heavy atom. The monoisotopic (exact) mass is 385 g/mol. The van der Waals surface area contributed by atoms with Crippen molar-refractivity contribution in [1.82, 2.24) is 14.8 Å². The number of carbonyl (C=O) groups is 1. The van der Waals surface area contributed by atoms with Gasteiger partial charge >= 0.3 is 0 Å². The fourth-order valence-corrected chi connectivity index (χ4v) is 4.76. The van der Waals surface area contributed by atoms with Gasteiger partial charge in [-0.2, -0.15) is 0 Å². The lowest BCUT2D eigenvalue weighted by molar-refractivity contribution is -0.0450. The van der Waals surface area contributed by atoms with E-state index >= 15 is 0 Å². The summed E-state index contributed by atoms with van der Waals surface area (Å²) in [5.41, 5.74) is 1.66. The molecule has 1 amide bonds. The number of benzene rings is 1. The van der Waals surface area contributed by atoms with Gasteiger partial charge in [0.05, 0.1) is 18.8 Å². The van der Waals surface area contributed by atoms with E-state index in [0.717, 1.165) is 68.6 Å². The van der Waals surface area contributed by atoms with E-state index < -0.39 is 0 Å². The second kappa shape index (κ2) is 8.23. The SMILES string of the molecule is COCCN(C)CC1COC2(CCCN(C(=O)c3ccc4[nH]ccc4c3)C2)C1. The number of hydrogen-bond acceptors (Lipinski definition) is 4. The summed E-state index contributed by atoms with van der Waals surface area (Å²) >= 11 is 0. The van der Waals surface area contributed by atoms with E-state index in [1.54, 1.807) is 7.11 Å². The van der Waals surface area contributed by atoms with Crippen LogP contribution in [0.25, 0.3) is 10.9 Å². The molecule has 3 heterocycles. The molecule has 28 heavy (non-hydrogen) atoms. The average Bonchev–Trinajstić information content (AvgIpc) is 3.32. The molecule has 6 heteroatoms. The molecule has 0 saturated carbocycles. The van der Waals surface area contributed by atoms with Gasteiger partial charge in [-0.1, -0.05) is 0 Å². The van der Waals surface area contributed by atoms with Crippen LogP contribution < -0.4 is 0 Å². The summed E-state index contributed by atoms with van der Waals surface area (Å²) in [6.45, 7) is 5.01. The quantitative estimate of drug-likeness (QED) is 0.831. The second-order valence-corrected chi connectivity index (χ2v) is 8.43. The number of hydrogen-bond donors (Lipinski definition) is 1. The Balaban J connectivity index is 1.39. The Labute approximate surface area is 166 Å². The van der Waals surface area contributed by atoms with Crippen molar-refractivity contribution >= 4 is 16.8 Å². The summed E-state index contributed by atoms with van der Waals surface area (Å²) in [6.07, 6.45) is 4.99. The van der Waals surface area contributed by atoms with Crippen LogP contribution >= 0.6 is 0 Å². The van der Waals surface area contributed by atoms with Gasteiger partial charge in [-0.15, -0.1) is 0 Å². The topological polar surface area (TPSA) is 57.8 Å². The molecule has 152 valence electrons. The molecule has 4 rings (SSSR count). The number of likely N-dealkylation sites (tertiary alicyclic amines) is 1. The molecular formula is C22H31N3O3. The van der Waals surface area contributed by atoms with Crippen LogP contribution in [0, 0.1) is 5.92 Å². The number of piperidine rings is 1. The van der Waals surface area contributed by atoms with Crippen molar-refractivity contribution in [1.29, 1.82) is 0 Å². The number of ether oxygens (including phenoxy) is 2. The first kappa shape index (κ1) is 19.4. The van der Waals surface area contributed by atoms with Crippen LogP contribution in [0.2, 0.25) is 0 Å². The first-order valence-electron chi connectivity index (χ1n) is 10.3. The fraction of sp³-hybridized carbons (Fsp3) is 0.591. The largest absolute Gasteiger partial charge is 0.383 e. The van der Waals surface area contributed by atoms with Crippen molar-refractivity contribution in [3.8, 4) is 0 Å². The zero-order valence-corrected chi connectivity index (χ0v) is 16.9.